The number of nitrogens with zero attached hydrogens (tertiary/aromatic N) is 5. The van der Waals surface area contributed by atoms with Crippen molar-refractivity contribution in [1.29, 1.82) is 0 Å². The molecule has 0 bridgehead atoms. The van der Waals surface area contributed by atoms with Gasteiger partial charge in [-0.2, -0.15) is 10.1 Å². The lowest BCUT2D eigenvalue weighted by atomic mass is 10.1. The molecule has 1 aromatic carbocycles. The van der Waals surface area contributed by atoms with Crippen LogP contribution in [0.4, 0.5) is 5.95 Å². The van der Waals surface area contributed by atoms with E-state index in [0.29, 0.717) is 5.82 Å². The number of rotatable bonds is 2. The smallest absolute Gasteiger partial charge is 0.223 e. The molecule has 1 unspecified atom stereocenters. The fourth-order valence-electron chi connectivity index (χ4n) is 2.77. The third-order valence-corrected chi connectivity index (χ3v) is 3.88. The highest BCUT2D eigenvalue weighted by molar-refractivity contribution is 5.83. The molecule has 0 aliphatic carbocycles. The molecule has 7 heteroatoms. The molecule has 0 radical (unpaired) electrons. The van der Waals surface area contributed by atoms with Crippen LogP contribution in [0.5, 0.6) is 0 Å². The number of fused-ring (bicyclic) bond motifs is 1. The molecule has 0 spiro atoms. The molecule has 22 heavy (non-hydrogen) atoms. The highest BCUT2D eigenvalue weighted by Gasteiger charge is 2.18. The van der Waals surface area contributed by atoms with Gasteiger partial charge in [0.05, 0.1) is 11.7 Å². The monoisotopic (exact) mass is 296 g/mol. The number of anilines is 1. The van der Waals surface area contributed by atoms with Crippen LogP contribution in [-0.2, 0) is 4.74 Å². The fraction of sp³-hybridized carbons (Fsp3) is 0.333. The molecule has 3 heterocycles. The van der Waals surface area contributed by atoms with Gasteiger partial charge in [-0.3, -0.25) is 0 Å². The van der Waals surface area contributed by atoms with Crippen molar-refractivity contribution in [3.8, 4) is 11.4 Å². The van der Waals surface area contributed by atoms with Crippen molar-refractivity contribution in [2.75, 3.05) is 12.3 Å². The van der Waals surface area contributed by atoms with Crippen molar-refractivity contribution in [3.05, 3.63) is 30.7 Å². The second-order valence-corrected chi connectivity index (χ2v) is 5.35. The number of hydrogen-bond acceptors (Lipinski definition) is 6. The first-order valence-electron chi connectivity index (χ1n) is 7.35. The lowest BCUT2D eigenvalue weighted by molar-refractivity contribution is -0.0366. The van der Waals surface area contributed by atoms with Gasteiger partial charge in [-0.1, -0.05) is 12.1 Å². The first-order valence-corrected chi connectivity index (χ1v) is 7.35. The van der Waals surface area contributed by atoms with Crippen LogP contribution in [0, 0.1) is 0 Å². The van der Waals surface area contributed by atoms with Crippen molar-refractivity contribution in [2.24, 2.45) is 0 Å². The third kappa shape index (κ3) is 2.29. The predicted octanol–water partition coefficient (Wildman–Crippen LogP) is 2.17. The second-order valence-electron chi connectivity index (χ2n) is 5.35. The topological polar surface area (TPSA) is 91.7 Å². The Bertz CT molecular complexity index is 809. The van der Waals surface area contributed by atoms with E-state index >= 15 is 0 Å². The molecule has 1 saturated heterocycles. The second kappa shape index (κ2) is 5.34. The van der Waals surface area contributed by atoms with E-state index in [1.807, 2.05) is 29.1 Å². The summed E-state index contributed by atoms with van der Waals surface area (Å²) >= 11 is 0. The summed E-state index contributed by atoms with van der Waals surface area (Å²) in [5, 5.41) is 5.55. The van der Waals surface area contributed by atoms with E-state index in [4.69, 9.17) is 10.5 Å². The van der Waals surface area contributed by atoms with E-state index in [-0.39, 0.29) is 12.2 Å². The molecule has 112 valence electrons. The molecule has 1 aliphatic rings. The third-order valence-electron chi connectivity index (χ3n) is 3.88. The first kappa shape index (κ1) is 13.1. The van der Waals surface area contributed by atoms with Crippen molar-refractivity contribution in [2.45, 2.75) is 25.5 Å². The van der Waals surface area contributed by atoms with E-state index in [9.17, 15) is 0 Å². The minimum Gasteiger partial charge on any atom is -0.368 e. The van der Waals surface area contributed by atoms with Crippen LogP contribution in [0.2, 0.25) is 0 Å². The standard InChI is InChI=1S/C15H16N6O/c16-15-18-9-17-14(20-15)10-4-5-11-8-19-21(12(11)7-10)13-3-1-2-6-22-13/h4-5,7-9,13H,1-3,6H2,(H2,16,17,18,20). The van der Waals surface area contributed by atoms with E-state index < -0.39 is 0 Å². The summed E-state index contributed by atoms with van der Waals surface area (Å²) in [6.07, 6.45) is 6.55. The highest BCUT2D eigenvalue weighted by atomic mass is 16.5. The maximum Gasteiger partial charge on any atom is 0.223 e. The molecule has 1 aliphatic heterocycles. The predicted molar refractivity (Wildman–Crippen MR) is 81.8 cm³/mol. The minimum absolute atomic E-state index is 0.00456. The number of nitrogen functional groups attached to an aromatic ring is 1. The Labute approximate surface area is 127 Å². The van der Waals surface area contributed by atoms with Gasteiger partial charge < -0.3 is 10.5 Å². The van der Waals surface area contributed by atoms with Gasteiger partial charge in [0.15, 0.2) is 12.1 Å². The summed E-state index contributed by atoms with van der Waals surface area (Å²) in [4.78, 5) is 12.2. The van der Waals surface area contributed by atoms with Crippen molar-refractivity contribution < 1.29 is 4.74 Å². The molecule has 4 rings (SSSR count). The Morgan fingerprint density at radius 3 is 3.00 bits per heavy atom. The molecule has 7 nitrogen and oxygen atoms in total. The summed E-state index contributed by atoms with van der Waals surface area (Å²) in [5.74, 6) is 0.779. The van der Waals surface area contributed by atoms with Crippen molar-refractivity contribution in [1.82, 2.24) is 24.7 Å². The van der Waals surface area contributed by atoms with Crippen molar-refractivity contribution >= 4 is 16.9 Å². The molecule has 0 saturated carbocycles. The Hall–Kier alpha value is -2.54. The number of ether oxygens (including phenoxy) is 1. The average Bonchev–Trinajstić information content (AvgIpc) is 2.99. The van der Waals surface area contributed by atoms with Crippen LogP contribution < -0.4 is 5.73 Å². The Morgan fingerprint density at radius 2 is 2.18 bits per heavy atom. The van der Waals surface area contributed by atoms with Gasteiger partial charge in [0, 0.05) is 17.6 Å². The largest absolute Gasteiger partial charge is 0.368 e. The SMILES string of the molecule is Nc1ncnc(-c2ccc3cnn(C4CCCCO4)c3c2)n1. The Balaban J connectivity index is 1.79. The van der Waals surface area contributed by atoms with Crippen molar-refractivity contribution in [3.63, 3.8) is 0 Å². The van der Waals surface area contributed by atoms with Crippen LogP contribution in [0.15, 0.2) is 30.7 Å². The first-order chi connectivity index (χ1) is 10.8. The number of nitrogens with two attached hydrogens (primary N) is 1. The maximum absolute atomic E-state index is 5.83. The Kier molecular flexibility index (Phi) is 3.19. The van der Waals surface area contributed by atoms with Gasteiger partial charge in [-0.25, -0.2) is 14.6 Å². The number of benzene rings is 1. The van der Waals surface area contributed by atoms with Gasteiger partial charge in [-0.05, 0) is 25.3 Å². The lowest BCUT2D eigenvalue weighted by Gasteiger charge is -2.23. The van der Waals surface area contributed by atoms with Gasteiger partial charge >= 0.3 is 0 Å². The van der Waals surface area contributed by atoms with Crippen LogP contribution in [0.25, 0.3) is 22.3 Å². The molecular formula is C15H16N6O. The molecular weight excluding hydrogens is 280 g/mol. The molecule has 2 N–H and O–H groups in total. The highest BCUT2D eigenvalue weighted by Crippen LogP contribution is 2.28. The summed E-state index contributed by atoms with van der Waals surface area (Å²) in [6.45, 7) is 0.787. The van der Waals surface area contributed by atoms with Crippen LogP contribution in [0.1, 0.15) is 25.5 Å². The summed E-state index contributed by atoms with van der Waals surface area (Å²) in [5.41, 5.74) is 7.54. The van der Waals surface area contributed by atoms with E-state index in [2.05, 4.69) is 20.1 Å². The van der Waals surface area contributed by atoms with E-state index in [1.54, 1.807) is 0 Å². The van der Waals surface area contributed by atoms with Crippen LogP contribution >= 0.6 is 0 Å². The van der Waals surface area contributed by atoms with Gasteiger partial charge in [0.25, 0.3) is 0 Å². The van der Waals surface area contributed by atoms with Crippen LogP contribution in [0.3, 0.4) is 0 Å². The average molecular weight is 296 g/mol. The zero-order valence-corrected chi connectivity index (χ0v) is 12.0. The normalized spacial score (nSPS) is 18.6. The van der Waals surface area contributed by atoms with E-state index in [0.717, 1.165) is 42.3 Å². The summed E-state index contributed by atoms with van der Waals surface area (Å²) in [7, 11) is 0. The summed E-state index contributed by atoms with van der Waals surface area (Å²) < 4.78 is 7.78. The zero-order chi connectivity index (χ0) is 14.9. The van der Waals surface area contributed by atoms with Crippen LogP contribution in [-0.4, -0.2) is 31.3 Å². The molecule has 3 aromatic rings. The molecule has 1 fully saturated rings. The quantitative estimate of drug-likeness (QED) is 0.779. The fourth-order valence-corrected chi connectivity index (χ4v) is 2.77. The van der Waals surface area contributed by atoms with E-state index in [1.165, 1.54) is 6.33 Å². The number of aromatic nitrogens is 5. The van der Waals surface area contributed by atoms with Gasteiger partial charge in [-0.15, -0.1) is 0 Å². The summed E-state index contributed by atoms with van der Waals surface area (Å²) in [6, 6.07) is 6.00. The van der Waals surface area contributed by atoms with Gasteiger partial charge in [0.1, 0.15) is 6.33 Å². The Morgan fingerprint density at radius 1 is 1.23 bits per heavy atom. The molecule has 0 amide bonds. The minimum atomic E-state index is 0.00456. The molecule has 1 atom stereocenters. The zero-order valence-electron chi connectivity index (χ0n) is 12.0. The lowest BCUT2D eigenvalue weighted by Crippen LogP contribution is -2.18. The molecule has 2 aromatic heterocycles. The number of hydrogen-bond donors (Lipinski definition) is 1. The van der Waals surface area contributed by atoms with Gasteiger partial charge in [0.2, 0.25) is 5.95 Å². The maximum atomic E-state index is 5.83.